The highest BCUT2D eigenvalue weighted by atomic mass is 16.4. The van der Waals surface area contributed by atoms with Crippen LogP contribution >= 0.6 is 0 Å². The van der Waals surface area contributed by atoms with Crippen LogP contribution in [-0.4, -0.2) is 23.2 Å². The molecule has 0 spiro atoms. The van der Waals surface area contributed by atoms with Gasteiger partial charge >= 0.3 is 5.97 Å². The number of anilines is 1. The van der Waals surface area contributed by atoms with Crippen LogP contribution in [0, 0.1) is 6.92 Å². The summed E-state index contributed by atoms with van der Waals surface area (Å²) in [6.45, 7) is 8.60. The van der Waals surface area contributed by atoms with E-state index in [9.17, 15) is 4.79 Å². The van der Waals surface area contributed by atoms with Crippen molar-refractivity contribution < 1.29 is 9.90 Å². The van der Waals surface area contributed by atoms with Gasteiger partial charge in [0, 0.05) is 11.2 Å². The third-order valence-corrected chi connectivity index (χ3v) is 3.90. The summed E-state index contributed by atoms with van der Waals surface area (Å²) in [4.78, 5) is 13.2. The molecule has 0 saturated heterocycles. The Morgan fingerprint density at radius 1 is 1.50 bits per heavy atom. The van der Waals surface area contributed by atoms with Crippen molar-refractivity contribution in [1.29, 1.82) is 0 Å². The number of aliphatic carboxylic acids is 1. The van der Waals surface area contributed by atoms with E-state index in [0.717, 1.165) is 17.7 Å². The number of carboxylic acids is 1. The molecule has 1 N–H and O–H groups in total. The van der Waals surface area contributed by atoms with E-state index in [0.29, 0.717) is 5.92 Å². The van der Waals surface area contributed by atoms with E-state index in [2.05, 4.69) is 45.9 Å². The number of carboxylic acid groups (broad SMARTS) is 1. The van der Waals surface area contributed by atoms with Crippen molar-refractivity contribution >= 4 is 11.7 Å². The van der Waals surface area contributed by atoms with E-state index in [4.69, 9.17) is 5.11 Å². The molecule has 18 heavy (non-hydrogen) atoms. The highest BCUT2D eigenvalue weighted by Crippen LogP contribution is 2.44. The van der Waals surface area contributed by atoms with E-state index in [1.807, 2.05) is 4.90 Å². The zero-order chi connectivity index (χ0) is 13.5. The van der Waals surface area contributed by atoms with Gasteiger partial charge in [0.1, 0.15) is 6.54 Å². The maximum atomic E-state index is 11.1. The molecule has 1 aromatic rings. The number of hydrogen-bond donors (Lipinski definition) is 1. The second-order valence-electron chi connectivity index (χ2n) is 5.91. The number of carbonyl (C=O) groups is 1. The molecule has 1 aliphatic heterocycles. The zero-order valence-electron chi connectivity index (χ0n) is 11.5. The Kier molecular flexibility index (Phi) is 3.09. The van der Waals surface area contributed by atoms with Gasteiger partial charge in [0.2, 0.25) is 0 Å². The first-order chi connectivity index (χ1) is 8.33. The average molecular weight is 247 g/mol. The number of benzene rings is 1. The van der Waals surface area contributed by atoms with Gasteiger partial charge in [-0.05, 0) is 44.2 Å². The van der Waals surface area contributed by atoms with Crippen molar-refractivity contribution in [3.05, 3.63) is 29.3 Å². The van der Waals surface area contributed by atoms with E-state index in [-0.39, 0.29) is 12.1 Å². The lowest BCUT2D eigenvalue weighted by molar-refractivity contribution is -0.135. The van der Waals surface area contributed by atoms with E-state index in [1.54, 1.807) is 0 Å². The van der Waals surface area contributed by atoms with Gasteiger partial charge in [0.05, 0.1) is 0 Å². The molecule has 3 heteroatoms. The molecule has 0 saturated carbocycles. The van der Waals surface area contributed by atoms with Gasteiger partial charge in [-0.3, -0.25) is 4.79 Å². The first-order valence-electron chi connectivity index (χ1n) is 6.42. The molecular formula is C15H21NO2. The lowest BCUT2D eigenvalue weighted by Gasteiger charge is -2.47. The highest BCUT2D eigenvalue weighted by molar-refractivity contribution is 5.77. The minimum Gasteiger partial charge on any atom is -0.480 e. The monoisotopic (exact) mass is 247 g/mol. The number of hydrogen-bond acceptors (Lipinski definition) is 2. The molecular weight excluding hydrogens is 226 g/mol. The van der Waals surface area contributed by atoms with Crippen LogP contribution in [0.3, 0.4) is 0 Å². The molecule has 2 rings (SSSR count). The van der Waals surface area contributed by atoms with Crippen LogP contribution in [0.1, 0.15) is 44.2 Å². The Balaban J connectivity index is 2.56. The largest absolute Gasteiger partial charge is 0.480 e. The van der Waals surface area contributed by atoms with Gasteiger partial charge in [-0.15, -0.1) is 0 Å². The smallest absolute Gasteiger partial charge is 0.323 e. The Morgan fingerprint density at radius 3 is 2.78 bits per heavy atom. The Hall–Kier alpha value is -1.51. The fourth-order valence-corrected chi connectivity index (χ4v) is 3.15. The van der Waals surface area contributed by atoms with Crippen molar-refractivity contribution in [2.45, 2.75) is 45.6 Å². The minimum atomic E-state index is -0.771. The van der Waals surface area contributed by atoms with Crippen LogP contribution in [0.5, 0.6) is 0 Å². The molecule has 1 heterocycles. The number of rotatable bonds is 2. The highest BCUT2D eigenvalue weighted by Gasteiger charge is 2.37. The Labute approximate surface area is 108 Å². The van der Waals surface area contributed by atoms with Gasteiger partial charge in [-0.1, -0.05) is 25.1 Å². The van der Waals surface area contributed by atoms with Gasteiger partial charge in [0.15, 0.2) is 0 Å². The van der Waals surface area contributed by atoms with Crippen molar-refractivity contribution in [2.75, 3.05) is 11.4 Å². The summed E-state index contributed by atoms with van der Waals surface area (Å²) >= 11 is 0. The SMILES string of the molecule is Cc1cccc2c1N(CC(=O)O)C(C)(C)C[C@H]2C. The van der Waals surface area contributed by atoms with Crippen LogP contribution in [0.15, 0.2) is 18.2 Å². The summed E-state index contributed by atoms with van der Waals surface area (Å²) < 4.78 is 0. The van der Waals surface area contributed by atoms with Crippen LogP contribution in [0.25, 0.3) is 0 Å². The average Bonchev–Trinajstić information content (AvgIpc) is 2.23. The van der Waals surface area contributed by atoms with Crippen molar-refractivity contribution in [3.8, 4) is 0 Å². The number of aryl methyl sites for hydroxylation is 1. The predicted octanol–water partition coefficient (Wildman–Crippen LogP) is 3.17. The molecule has 0 aromatic heterocycles. The van der Waals surface area contributed by atoms with Crippen LogP contribution in [0.4, 0.5) is 5.69 Å². The fraction of sp³-hybridized carbons (Fsp3) is 0.533. The molecule has 0 radical (unpaired) electrons. The quantitative estimate of drug-likeness (QED) is 0.872. The maximum absolute atomic E-state index is 11.1. The molecule has 0 fully saturated rings. The summed E-state index contributed by atoms with van der Waals surface area (Å²) in [6.07, 6.45) is 0.983. The van der Waals surface area contributed by atoms with Gasteiger partial charge < -0.3 is 10.0 Å². The summed E-state index contributed by atoms with van der Waals surface area (Å²) in [7, 11) is 0. The van der Waals surface area contributed by atoms with Crippen LogP contribution in [0.2, 0.25) is 0 Å². The van der Waals surface area contributed by atoms with Gasteiger partial charge in [0.25, 0.3) is 0 Å². The summed E-state index contributed by atoms with van der Waals surface area (Å²) in [5.41, 5.74) is 3.43. The van der Waals surface area contributed by atoms with E-state index in [1.165, 1.54) is 5.56 Å². The molecule has 1 aliphatic rings. The van der Waals surface area contributed by atoms with Gasteiger partial charge in [-0.25, -0.2) is 0 Å². The first kappa shape index (κ1) is 12.9. The molecule has 3 nitrogen and oxygen atoms in total. The minimum absolute atomic E-state index is 0.0670. The van der Waals surface area contributed by atoms with E-state index < -0.39 is 5.97 Å². The van der Waals surface area contributed by atoms with Crippen LogP contribution in [-0.2, 0) is 4.79 Å². The lowest BCUT2D eigenvalue weighted by atomic mass is 9.79. The molecule has 0 unspecified atom stereocenters. The molecule has 0 aliphatic carbocycles. The third-order valence-electron chi connectivity index (χ3n) is 3.90. The standard InChI is InChI=1S/C15H21NO2/c1-10-6-5-7-12-11(2)8-15(3,4)16(14(10)12)9-13(17)18/h5-7,11H,8-9H2,1-4H3,(H,17,18)/t11-/m1/s1. The normalized spacial score (nSPS) is 21.6. The number of nitrogens with zero attached hydrogens (tertiary/aromatic N) is 1. The fourth-order valence-electron chi connectivity index (χ4n) is 3.15. The second kappa shape index (κ2) is 4.30. The first-order valence-corrected chi connectivity index (χ1v) is 6.42. The Bertz CT molecular complexity index is 479. The number of fused-ring (bicyclic) bond motifs is 1. The van der Waals surface area contributed by atoms with Crippen molar-refractivity contribution in [3.63, 3.8) is 0 Å². The summed E-state index contributed by atoms with van der Waals surface area (Å²) in [6, 6.07) is 6.24. The number of para-hydroxylation sites is 1. The summed E-state index contributed by atoms with van der Waals surface area (Å²) in [5, 5.41) is 9.14. The van der Waals surface area contributed by atoms with Crippen LogP contribution < -0.4 is 4.90 Å². The second-order valence-corrected chi connectivity index (χ2v) is 5.91. The maximum Gasteiger partial charge on any atom is 0.323 e. The topological polar surface area (TPSA) is 40.5 Å². The molecule has 1 atom stereocenters. The van der Waals surface area contributed by atoms with Gasteiger partial charge in [-0.2, -0.15) is 0 Å². The van der Waals surface area contributed by atoms with Crippen molar-refractivity contribution in [2.24, 2.45) is 0 Å². The third kappa shape index (κ3) is 2.09. The van der Waals surface area contributed by atoms with E-state index >= 15 is 0 Å². The predicted molar refractivity (Wildman–Crippen MR) is 73.3 cm³/mol. The van der Waals surface area contributed by atoms with Crippen molar-refractivity contribution in [1.82, 2.24) is 0 Å². The zero-order valence-corrected chi connectivity index (χ0v) is 11.5. The molecule has 1 aromatic carbocycles. The Morgan fingerprint density at radius 2 is 2.17 bits per heavy atom. The lowest BCUT2D eigenvalue weighted by Crippen LogP contribution is -2.50. The molecule has 0 amide bonds. The molecule has 98 valence electrons. The summed E-state index contributed by atoms with van der Waals surface area (Å²) in [5.74, 6) is -0.299. The molecule has 0 bridgehead atoms.